The van der Waals surface area contributed by atoms with Crippen molar-refractivity contribution in [3.8, 4) is 0 Å². The number of sulfone groups is 1. The van der Waals surface area contributed by atoms with Crippen LogP contribution in [0.4, 0.5) is 0 Å². The van der Waals surface area contributed by atoms with Crippen LogP contribution in [0, 0.1) is 17.3 Å². The van der Waals surface area contributed by atoms with Crippen LogP contribution in [-0.4, -0.2) is 33.0 Å². The quantitative estimate of drug-likeness (QED) is 0.838. The van der Waals surface area contributed by atoms with Crippen molar-refractivity contribution >= 4 is 9.84 Å². The van der Waals surface area contributed by atoms with E-state index in [1.165, 1.54) is 25.5 Å². The van der Waals surface area contributed by atoms with Crippen molar-refractivity contribution in [2.45, 2.75) is 53.0 Å². The van der Waals surface area contributed by atoms with Gasteiger partial charge < -0.3 is 5.32 Å². The lowest BCUT2D eigenvalue weighted by Crippen LogP contribution is -2.43. The Morgan fingerprint density at radius 3 is 2.50 bits per heavy atom. The first-order valence-corrected chi connectivity index (χ1v) is 9.06. The Morgan fingerprint density at radius 2 is 2.00 bits per heavy atom. The lowest BCUT2D eigenvalue weighted by atomic mass is 9.70. The molecule has 0 heterocycles. The molecule has 0 radical (unpaired) electrons. The number of hydrogen-bond donors (Lipinski definition) is 1. The molecule has 0 saturated heterocycles. The van der Waals surface area contributed by atoms with Crippen LogP contribution in [-0.2, 0) is 9.84 Å². The molecule has 3 nitrogen and oxygen atoms in total. The van der Waals surface area contributed by atoms with E-state index in [2.05, 4.69) is 26.1 Å². The molecule has 1 N–H and O–H groups in total. The predicted octanol–water partition coefficient (Wildman–Crippen LogP) is 2.47. The highest BCUT2D eigenvalue weighted by molar-refractivity contribution is 7.90. The molecule has 0 unspecified atom stereocenters. The second-order valence-corrected chi connectivity index (χ2v) is 9.28. The molecule has 0 aliphatic heterocycles. The number of nitrogens with one attached hydrogen (secondary N) is 1. The highest BCUT2D eigenvalue weighted by Gasteiger charge is 2.32. The van der Waals surface area contributed by atoms with Gasteiger partial charge in [-0.25, -0.2) is 8.42 Å². The maximum absolute atomic E-state index is 11.2. The van der Waals surface area contributed by atoms with E-state index in [-0.39, 0.29) is 11.7 Å². The molecular formula is C14H29NO2S. The topological polar surface area (TPSA) is 46.2 Å². The molecule has 1 aliphatic carbocycles. The first-order valence-electron chi connectivity index (χ1n) is 7.00. The molecular weight excluding hydrogens is 246 g/mol. The van der Waals surface area contributed by atoms with Crippen LogP contribution in [0.1, 0.15) is 47.0 Å². The Hall–Kier alpha value is -0.0900. The first kappa shape index (κ1) is 16.0. The zero-order chi connectivity index (χ0) is 14.0. The van der Waals surface area contributed by atoms with Gasteiger partial charge in [-0.2, -0.15) is 0 Å². The number of rotatable bonds is 5. The normalized spacial score (nSPS) is 30.1. The fourth-order valence-electron chi connectivity index (χ4n) is 3.18. The zero-order valence-electron chi connectivity index (χ0n) is 12.5. The summed E-state index contributed by atoms with van der Waals surface area (Å²) in [6.07, 6.45) is 5.04. The van der Waals surface area contributed by atoms with Gasteiger partial charge in [0.1, 0.15) is 9.84 Å². The summed E-state index contributed by atoms with van der Waals surface area (Å²) in [6.45, 7) is 9.80. The average molecular weight is 275 g/mol. The van der Waals surface area contributed by atoms with Crippen molar-refractivity contribution in [2.24, 2.45) is 17.3 Å². The first-order chi connectivity index (χ1) is 8.09. The van der Waals surface area contributed by atoms with E-state index in [0.717, 1.165) is 6.54 Å². The zero-order valence-corrected chi connectivity index (χ0v) is 13.3. The summed E-state index contributed by atoms with van der Waals surface area (Å²) in [7, 11) is -2.85. The molecule has 1 rings (SSSR count). The van der Waals surface area contributed by atoms with Gasteiger partial charge in [-0.3, -0.25) is 0 Å². The highest BCUT2D eigenvalue weighted by atomic mass is 32.2. The monoisotopic (exact) mass is 275 g/mol. The van der Waals surface area contributed by atoms with Gasteiger partial charge in [-0.15, -0.1) is 0 Å². The van der Waals surface area contributed by atoms with Crippen molar-refractivity contribution in [2.75, 3.05) is 18.6 Å². The molecule has 1 saturated carbocycles. The molecule has 0 aromatic carbocycles. The third kappa shape index (κ3) is 5.70. The summed E-state index contributed by atoms with van der Waals surface area (Å²) in [5.41, 5.74) is 0.468. The Bertz CT molecular complexity index is 362. The standard InChI is InChI=1S/C14H29NO2S/c1-11(10-18(5,16)17)9-15-13-6-7-14(3,4)8-12(13)2/h11-13,15H,6-10H2,1-5H3/t11-,12+,13+/m1/s1. The van der Waals surface area contributed by atoms with Gasteiger partial charge in [0, 0.05) is 12.3 Å². The molecule has 0 bridgehead atoms. The van der Waals surface area contributed by atoms with E-state index in [1.807, 2.05) is 6.92 Å². The molecule has 1 fully saturated rings. The van der Waals surface area contributed by atoms with Crippen LogP contribution in [0.25, 0.3) is 0 Å². The van der Waals surface area contributed by atoms with Gasteiger partial charge in [0.2, 0.25) is 0 Å². The average Bonchev–Trinajstić information content (AvgIpc) is 2.12. The summed E-state index contributed by atoms with van der Waals surface area (Å²) in [6, 6.07) is 0.556. The minimum absolute atomic E-state index is 0.196. The highest BCUT2D eigenvalue weighted by Crippen LogP contribution is 2.38. The molecule has 0 spiro atoms. The summed E-state index contributed by atoms with van der Waals surface area (Å²) < 4.78 is 22.4. The van der Waals surface area contributed by atoms with E-state index in [9.17, 15) is 8.42 Å². The van der Waals surface area contributed by atoms with Crippen molar-refractivity contribution in [1.82, 2.24) is 5.32 Å². The van der Waals surface area contributed by atoms with Crippen molar-refractivity contribution in [1.29, 1.82) is 0 Å². The summed E-state index contributed by atoms with van der Waals surface area (Å²) >= 11 is 0. The van der Waals surface area contributed by atoms with Crippen LogP contribution in [0.15, 0.2) is 0 Å². The maximum atomic E-state index is 11.2. The lowest BCUT2D eigenvalue weighted by molar-refractivity contribution is 0.147. The van der Waals surface area contributed by atoms with E-state index in [1.54, 1.807) is 0 Å². The van der Waals surface area contributed by atoms with Gasteiger partial charge in [-0.05, 0) is 43.1 Å². The van der Waals surface area contributed by atoms with Gasteiger partial charge in [0.15, 0.2) is 0 Å². The van der Waals surface area contributed by atoms with Crippen LogP contribution >= 0.6 is 0 Å². The van der Waals surface area contributed by atoms with Crippen LogP contribution < -0.4 is 5.32 Å². The smallest absolute Gasteiger partial charge is 0.147 e. The minimum atomic E-state index is -2.85. The van der Waals surface area contributed by atoms with Gasteiger partial charge in [-0.1, -0.05) is 27.7 Å². The fraction of sp³-hybridized carbons (Fsp3) is 1.00. The van der Waals surface area contributed by atoms with Crippen LogP contribution in [0.2, 0.25) is 0 Å². The SMILES string of the molecule is C[C@H](CN[C@H]1CCC(C)(C)C[C@@H]1C)CS(C)(=O)=O. The minimum Gasteiger partial charge on any atom is -0.313 e. The summed E-state index contributed by atoms with van der Waals surface area (Å²) in [5, 5.41) is 3.57. The Kier molecular flexibility index (Phi) is 5.24. The Morgan fingerprint density at radius 1 is 1.39 bits per heavy atom. The van der Waals surface area contributed by atoms with Gasteiger partial charge in [0.25, 0.3) is 0 Å². The number of hydrogen-bond acceptors (Lipinski definition) is 3. The van der Waals surface area contributed by atoms with E-state index in [4.69, 9.17) is 0 Å². The third-order valence-electron chi connectivity index (χ3n) is 4.01. The molecule has 0 aromatic rings. The van der Waals surface area contributed by atoms with Gasteiger partial charge >= 0.3 is 0 Å². The molecule has 0 aromatic heterocycles. The molecule has 0 amide bonds. The van der Waals surface area contributed by atoms with E-state index >= 15 is 0 Å². The second-order valence-electron chi connectivity index (χ2n) is 7.10. The predicted molar refractivity (Wildman–Crippen MR) is 77.5 cm³/mol. The lowest BCUT2D eigenvalue weighted by Gasteiger charge is -2.40. The van der Waals surface area contributed by atoms with Gasteiger partial charge in [0.05, 0.1) is 5.75 Å². The maximum Gasteiger partial charge on any atom is 0.147 e. The molecule has 1 aliphatic rings. The van der Waals surface area contributed by atoms with E-state index in [0.29, 0.717) is 17.4 Å². The summed E-state index contributed by atoms with van der Waals surface area (Å²) in [5.74, 6) is 1.16. The molecule has 18 heavy (non-hydrogen) atoms. The Labute approximate surface area is 113 Å². The van der Waals surface area contributed by atoms with E-state index < -0.39 is 9.84 Å². The molecule has 4 heteroatoms. The van der Waals surface area contributed by atoms with Crippen LogP contribution in [0.3, 0.4) is 0 Å². The van der Waals surface area contributed by atoms with Crippen molar-refractivity contribution in [3.63, 3.8) is 0 Å². The second kappa shape index (κ2) is 5.91. The van der Waals surface area contributed by atoms with Crippen LogP contribution in [0.5, 0.6) is 0 Å². The largest absolute Gasteiger partial charge is 0.313 e. The summed E-state index contributed by atoms with van der Waals surface area (Å²) in [4.78, 5) is 0. The fourth-order valence-corrected chi connectivity index (χ4v) is 4.33. The van der Waals surface area contributed by atoms with Crippen molar-refractivity contribution < 1.29 is 8.42 Å². The molecule has 108 valence electrons. The molecule has 3 atom stereocenters. The third-order valence-corrected chi connectivity index (χ3v) is 5.18. The van der Waals surface area contributed by atoms with Crippen molar-refractivity contribution in [3.05, 3.63) is 0 Å². The Balaban J connectivity index is 2.36.